The molecule has 0 aliphatic carbocycles. The van der Waals surface area contributed by atoms with Crippen LogP contribution < -0.4 is 5.32 Å². The summed E-state index contributed by atoms with van der Waals surface area (Å²) >= 11 is 0. The third-order valence-electron chi connectivity index (χ3n) is 4.77. The van der Waals surface area contributed by atoms with E-state index in [9.17, 15) is 9.90 Å². The zero-order valence-electron chi connectivity index (χ0n) is 14.9. The topological polar surface area (TPSA) is 65.7 Å². The van der Waals surface area contributed by atoms with Gasteiger partial charge in [-0.05, 0) is 50.9 Å². The van der Waals surface area contributed by atoms with Crippen molar-refractivity contribution < 1.29 is 14.3 Å². The normalized spacial score (nSPS) is 20.4. The first-order valence-electron chi connectivity index (χ1n) is 8.81. The summed E-state index contributed by atoms with van der Waals surface area (Å²) in [5.74, 6) is 1.18. The minimum Gasteiger partial charge on any atom is -0.463 e. The van der Waals surface area contributed by atoms with Crippen LogP contribution in [0.25, 0.3) is 0 Å². The van der Waals surface area contributed by atoms with Crippen LogP contribution in [-0.4, -0.2) is 35.0 Å². The van der Waals surface area contributed by atoms with Crippen LogP contribution in [0.5, 0.6) is 0 Å². The van der Waals surface area contributed by atoms with Crippen LogP contribution >= 0.6 is 0 Å². The van der Waals surface area contributed by atoms with E-state index >= 15 is 0 Å². The summed E-state index contributed by atoms with van der Waals surface area (Å²) in [5.41, 5.74) is -0.00692. The smallest absolute Gasteiger partial charge is 0.237 e. The highest BCUT2D eigenvalue weighted by Gasteiger charge is 2.33. The van der Waals surface area contributed by atoms with E-state index in [-0.39, 0.29) is 18.5 Å². The summed E-state index contributed by atoms with van der Waals surface area (Å²) in [6.07, 6.45) is 1.86. The van der Waals surface area contributed by atoms with Gasteiger partial charge in [0, 0.05) is 6.54 Å². The number of hydrogen-bond donors (Lipinski definition) is 2. The zero-order valence-corrected chi connectivity index (χ0v) is 14.9. The molecular weight excluding hydrogens is 316 g/mol. The molecule has 3 rings (SSSR count). The molecule has 1 saturated heterocycles. The van der Waals surface area contributed by atoms with E-state index in [4.69, 9.17) is 4.42 Å². The van der Waals surface area contributed by atoms with Gasteiger partial charge in [-0.2, -0.15) is 0 Å². The largest absolute Gasteiger partial charge is 0.463 e. The number of hydrogen-bond acceptors (Lipinski definition) is 4. The van der Waals surface area contributed by atoms with E-state index < -0.39 is 5.60 Å². The molecule has 1 aromatic carbocycles. The predicted octanol–water partition coefficient (Wildman–Crippen LogP) is 2.58. The quantitative estimate of drug-likeness (QED) is 0.847. The molecular formula is C20H26N2O3. The second-order valence-corrected chi connectivity index (χ2v) is 7.02. The van der Waals surface area contributed by atoms with Gasteiger partial charge in [0.1, 0.15) is 17.1 Å². The molecule has 0 saturated carbocycles. The van der Waals surface area contributed by atoms with E-state index in [0.717, 1.165) is 31.7 Å². The highest BCUT2D eigenvalue weighted by molar-refractivity contribution is 5.82. The van der Waals surface area contributed by atoms with Crippen molar-refractivity contribution in [2.45, 2.75) is 44.9 Å². The Balaban J connectivity index is 1.58. The van der Waals surface area contributed by atoms with Crippen molar-refractivity contribution in [3.05, 3.63) is 59.5 Å². The minimum absolute atomic E-state index is 0.0306. The van der Waals surface area contributed by atoms with Gasteiger partial charge < -0.3 is 14.8 Å². The van der Waals surface area contributed by atoms with E-state index in [2.05, 4.69) is 22.3 Å². The van der Waals surface area contributed by atoms with Crippen molar-refractivity contribution in [2.24, 2.45) is 0 Å². The Hall–Kier alpha value is -2.11. The predicted molar refractivity (Wildman–Crippen MR) is 95.9 cm³/mol. The van der Waals surface area contributed by atoms with Crippen molar-refractivity contribution >= 4 is 5.91 Å². The van der Waals surface area contributed by atoms with Crippen LogP contribution in [0.2, 0.25) is 0 Å². The summed E-state index contributed by atoms with van der Waals surface area (Å²) in [4.78, 5) is 14.8. The molecule has 0 bridgehead atoms. The van der Waals surface area contributed by atoms with E-state index in [1.807, 2.05) is 31.2 Å². The van der Waals surface area contributed by atoms with Crippen molar-refractivity contribution in [2.75, 3.05) is 13.1 Å². The van der Waals surface area contributed by atoms with Gasteiger partial charge in [0.05, 0.1) is 12.6 Å². The molecule has 5 heteroatoms. The van der Waals surface area contributed by atoms with Crippen LogP contribution in [0, 0.1) is 6.92 Å². The van der Waals surface area contributed by atoms with E-state index in [0.29, 0.717) is 5.76 Å². The number of aryl methyl sites for hydroxylation is 1. The van der Waals surface area contributed by atoms with Crippen molar-refractivity contribution in [3.63, 3.8) is 0 Å². The lowest BCUT2D eigenvalue weighted by Crippen LogP contribution is -2.47. The van der Waals surface area contributed by atoms with Crippen molar-refractivity contribution in [1.29, 1.82) is 0 Å². The van der Waals surface area contributed by atoms with Crippen LogP contribution in [0.15, 0.2) is 46.9 Å². The van der Waals surface area contributed by atoms with E-state index in [1.54, 1.807) is 13.0 Å². The number of aliphatic hydroxyl groups is 1. The number of nitrogens with zero attached hydrogens (tertiary/aromatic N) is 1. The third kappa shape index (κ3) is 4.30. The maximum atomic E-state index is 12.6. The molecule has 5 nitrogen and oxygen atoms in total. The van der Waals surface area contributed by atoms with Gasteiger partial charge >= 0.3 is 0 Å². The molecule has 1 fully saturated rings. The number of nitrogens with one attached hydrogen (secondary N) is 1. The Bertz CT molecular complexity index is 709. The first-order valence-corrected chi connectivity index (χ1v) is 8.81. The van der Waals surface area contributed by atoms with Crippen LogP contribution in [0.3, 0.4) is 0 Å². The Labute approximate surface area is 148 Å². The van der Waals surface area contributed by atoms with Gasteiger partial charge in [0.2, 0.25) is 5.91 Å². The monoisotopic (exact) mass is 342 g/mol. The molecule has 2 aromatic rings. The minimum atomic E-state index is -1.22. The number of carbonyl (C=O) groups excluding carboxylic acids is 1. The molecule has 0 spiro atoms. The summed E-state index contributed by atoms with van der Waals surface area (Å²) in [6.45, 7) is 5.31. The second kappa shape index (κ2) is 7.42. The summed E-state index contributed by atoms with van der Waals surface area (Å²) in [6, 6.07) is 13.6. The lowest BCUT2D eigenvalue weighted by atomic mass is 10.0. The maximum Gasteiger partial charge on any atom is 0.237 e. The highest BCUT2D eigenvalue weighted by Crippen LogP contribution is 2.23. The summed E-state index contributed by atoms with van der Waals surface area (Å²) in [5, 5.41) is 13.5. The first-order chi connectivity index (χ1) is 12.0. The van der Waals surface area contributed by atoms with Gasteiger partial charge in [0.25, 0.3) is 0 Å². The molecule has 2 N–H and O–H groups in total. The molecule has 1 aliphatic heterocycles. The van der Waals surface area contributed by atoms with Gasteiger partial charge in [-0.3, -0.25) is 9.69 Å². The average Bonchev–Trinajstić information content (AvgIpc) is 3.23. The van der Waals surface area contributed by atoms with Crippen LogP contribution in [-0.2, 0) is 16.9 Å². The molecule has 2 heterocycles. The molecule has 2 atom stereocenters. The lowest BCUT2D eigenvalue weighted by molar-refractivity contribution is -0.127. The maximum absolute atomic E-state index is 12.6. The molecule has 1 aromatic heterocycles. The Morgan fingerprint density at radius 2 is 2.08 bits per heavy atom. The lowest BCUT2D eigenvalue weighted by Gasteiger charge is -2.26. The standard InChI is InChI=1S/C20H26N2O3/c1-15-10-11-18(25-15)20(2,24)14-21-19(23)17-9-6-12-22(17)13-16-7-4-3-5-8-16/h3-5,7-8,10-11,17,24H,6,9,12-14H2,1-2H3,(H,21,23). The fourth-order valence-corrected chi connectivity index (χ4v) is 3.32. The van der Waals surface area contributed by atoms with E-state index in [1.165, 1.54) is 5.56 Å². The van der Waals surface area contributed by atoms with Gasteiger partial charge in [-0.25, -0.2) is 0 Å². The molecule has 1 aliphatic rings. The second-order valence-electron chi connectivity index (χ2n) is 7.02. The fourth-order valence-electron chi connectivity index (χ4n) is 3.32. The summed E-state index contributed by atoms with van der Waals surface area (Å²) < 4.78 is 5.49. The average molecular weight is 342 g/mol. The molecule has 1 amide bonds. The third-order valence-corrected chi connectivity index (χ3v) is 4.77. The van der Waals surface area contributed by atoms with Gasteiger partial charge in [-0.15, -0.1) is 0 Å². The zero-order chi connectivity index (χ0) is 17.9. The molecule has 25 heavy (non-hydrogen) atoms. The van der Waals surface area contributed by atoms with Gasteiger partial charge in [-0.1, -0.05) is 30.3 Å². The number of benzene rings is 1. The molecule has 0 radical (unpaired) electrons. The van der Waals surface area contributed by atoms with Crippen molar-refractivity contribution in [3.8, 4) is 0 Å². The number of carbonyl (C=O) groups is 1. The highest BCUT2D eigenvalue weighted by atomic mass is 16.4. The fraction of sp³-hybridized carbons (Fsp3) is 0.450. The number of amides is 1. The molecule has 2 unspecified atom stereocenters. The number of rotatable bonds is 6. The Morgan fingerprint density at radius 3 is 2.76 bits per heavy atom. The van der Waals surface area contributed by atoms with Gasteiger partial charge in [0.15, 0.2) is 0 Å². The number of likely N-dealkylation sites (tertiary alicyclic amines) is 1. The van der Waals surface area contributed by atoms with Crippen LogP contribution in [0.4, 0.5) is 0 Å². The SMILES string of the molecule is Cc1ccc(C(C)(O)CNC(=O)C2CCCN2Cc2ccccc2)o1. The summed E-state index contributed by atoms with van der Waals surface area (Å²) in [7, 11) is 0. The Kier molecular flexibility index (Phi) is 5.25. The van der Waals surface area contributed by atoms with Crippen LogP contribution in [0.1, 0.15) is 36.8 Å². The van der Waals surface area contributed by atoms with Crippen molar-refractivity contribution in [1.82, 2.24) is 10.2 Å². The Morgan fingerprint density at radius 1 is 1.32 bits per heavy atom. The first kappa shape index (κ1) is 17.7. The molecule has 134 valence electrons. The number of furan rings is 1.